The normalized spacial score (nSPS) is 11.2. The summed E-state index contributed by atoms with van der Waals surface area (Å²) < 4.78 is 2.22. The van der Waals surface area contributed by atoms with Crippen LogP contribution >= 0.6 is 0 Å². The van der Waals surface area contributed by atoms with Crippen molar-refractivity contribution in [1.82, 2.24) is 9.55 Å². The summed E-state index contributed by atoms with van der Waals surface area (Å²) in [6.45, 7) is 7.13. The zero-order valence-electron chi connectivity index (χ0n) is 12.1. The van der Waals surface area contributed by atoms with Crippen molar-refractivity contribution in [2.75, 3.05) is 5.73 Å². The molecule has 0 bridgehead atoms. The molecule has 3 rings (SSSR count). The van der Waals surface area contributed by atoms with Gasteiger partial charge in [0.25, 0.3) is 0 Å². The molecule has 0 spiro atoms. The molecule has 0 fully saturated rings. The van der Waals surface area contributed by atoms with Gasteiger partial charge in [0.15, 0.2) is 0 Å². The highest BCUT2D eigenvalue weighted by atomic mass is 15.1. The number of hydrogen-bond acceptors (Lipinski definition) is 2. The molecule has 1 heterocycles. The van der Waals surface area contributed by atoms with E-state index in [1.807, 2.05) is 25.1 Å². The summed E-state index contributed by atoms with van der Waals surface area (Å²) in [5.74, 6) is 0.953. The van der Waals surface area contributed by atoms with Gasteiger partial charge >= 0.3 is 0 Å². The maximum absolute atomic E-state index is 6.24. The largest absolute Gasteiger partial charge is 0.398 e. The van der Waals surface area contributed by atoms with Gasteiger partial charge in [0.2, 0.25) is 0 Å². The van der Waals surface area contributed by atoms with Crippen LogP contribution in [0.25, 0.3) is 22.4 Å². The number of nitrogens with two attached hydrogens (primary N) is 1. The Kier molecular flexibility index (Phi) is 2.97. The van der Waals surface area contributed by atoms with E-state index in [0.29, 0.717) is 0 Å². The van der Waals surface area contributed by atoms with E-state index in [4.69, 9.17) is 10.7 Å². The number of nitrogens with zero attached hydrogens (tertiary/aromatic N) is 2. The number of para-hydroxylation sites is 1. The van der Waals surface area contributed by atoms with Gasteiger partial charge in [0, 0.05) is 17.8 Å². The molecular weight excluding hydrogens is 246 g/mol. The van der Waals surface area contributed by atoms with E-state index >= 15 is 0 Å². The second-order valence-corrected chi connectivity index (χ2v) is 5.21. The number of anilines is 1. The molecule has 0 saturated carbocycles. The minimum atomic E-state index is 0.814. The maximum Gasteiger partial charge on any atom is 0.143 e. The van der Waals surface area contributed by atoms with Crippen LogP contribution in [0, 0.1) is 13.8 Å². The molecule has 0 aliphatic heterocycles. The average Bonchev–Trinajstić information content (AvgIpc) is 2.79. The third kappa shape index (κ3) is 1.86. The van der Waals surface area contributed by atoms with E-state index in [1.165, 1.54) is 5.56 Å². The lowest BCUT2D eigenvalue weighted by Crippen LogP contribution is -2.01. The predicted molar refractivity (Wildman–Crippen MR) is 84.7 cm³/mol. The topological polar surface area (TPSA) is 43.8 Å². The third-order valence-electron chi connectivity index (χ3n) is 3.78. The molecule has 0 aliphatic carbocycles. The van der Waals surface area contributed by atoms with Crippen LogP contribution in [-0.4, -0.2) is 9.55 Å². The lowest BCUT2D eigenvalue weighted by molar-refractivity contribution is 0.796. The van der Waals surface area contributed by atoms with Gasteiger partial charge in [-0.1, -0.05) is 18.2 Å². The number of aromatic nitrogens is 2. The molecule has 2 aromatic carbocycles. The SMILES string of the molecule is CCn1c(-c2cccc(C)c2N)nc2cc(C)ccc21. The summed E-state index contributed by atoms with van der Waals surface area (Å²) in [6, 6.07) is 12.5. The van der Waals surface area contributed by atoms with Gasteiger partial charge in [0.1, 0.15) is 5.82 Å². The molecule has 1 aromatic heterocycles. The number of hydrogen-bond donors (Lipinski definition) is 1. The van der Waals surface area contributed by atoms with Gasteiger partial charge in [0.05, 0.1) is 11.0 Å². The van der Waals surface area contributed by atoms with Crippen LogP contribution in [0.2, 0.25) is 0 Å². The van der Waals surface area contributed by atoms with Crippen molar-refractivity contribution in [3.8, 4) is 11.4 Å². The fraction of sp³-hybridized carbons (Fsp3) is 0.235. The first-order valence-corrected chi connectivity index (χ1v) is 6.94. The Bertz CT molecular complexity index is 784. The fourth-order valence-corrected chi connectivity index (χ4v) is 2.64. The summed E-state index contributed by atoms with van der Waals surface area (Å²) in [5.41, 5.74) is 12.6. The van der Waals surface area contributed by atoms with Crippen LogP contribution in [0.15, 0.2) is 36.4 Å². The average molecular weight is 265 g/mol. The van der Waals surface area contributed by atoms with Crippen LogP contribution in [-0.2, 0) is 6.54 Å². The van der Waals surface area contributed by atoms with Gasteiger partial charge in [-0.2, -0.15) is 0 Å². The molecule has 0 amide bonds. The van der Waals surface area contributed by atoms with E-state index < -0.39 is 0 Å². The van der Waals surface area contributed by atoms with Crippen molar-refractivity contribution >= 4 is 16.7 Å². The summed E-state index contributed by atoms with van der Waals surface area (Å²) in [7, 11) is 0. The summed E-state index contributed by atoms with van der Waals surface area (Å²) in [4.78, 5) is 4.80. The third-order valence-corrected chi connectivity index (χ3v) is 3.78. The second kappa shape index (κ2) is 4.67. The first-order valence-electron chi connectivity index (χ1n) is 6.94. The van der Waals surface area contributed by atoms with Crippen molar-refractivity contribution in [2.24, 2.45) is 0 Å². The van der Waals surface area contributed by atoms with Gasteiger partial charge in [-0.15, -0.1) is 0 Å². The van der Waals surface area contributed by atoms with Gasteiger partial charge in [-0.25, -0.2) is 4.98 Å². The van der Waals surface area contributed by atoms with E-state index in [-0.39, 0.29) is 0 Å². The van der Waals surface area contributed by atoms with Crippen molar-refractivity contribution in [3.63, 3.8) is 0 Å². The Morgan fingerprint density at radius 3 is 2.70 bits per heavy atom. The number of aryl methyl sites for hydroxylation is 3. The number of rotatable bonds is 2. The van der Waals surface area contributed by atoms with Crippen molar-refractivity contribution in [3.05, 3.63) is 47.5 Å². The van der Waals surface area contributed by atoms with E-state index in [9.17, 15) is 0 Å². The van der Waals surface area contributed by atoms with E-state index in [2.05, 4.69) is 36.6 Å². The van der Waals surface area contributed by atoms with Crippen molar-refractivity contribution in [1.29, 1.82) is 0 Å². The molecule has 3 nitrogen and oxygen atoms in total. The standard InChI is InChI=1S/C17H19N3/c1-4-20-15-9-8-11(2)10-14(15)19-17(20)13-7-5-6-12(3)16(13)18/h5-10H,4,18H2,1-3H3. The summed E-state index contributed by atoms with van der Waals surface area (Å²) in [5, 5.41) is 0. The molecule has 0 saturated heterocycles. The molecule has 0 aliphatic rings. The Hall–Kier alpha value is -2.29. The van der Waals surface area contributed by atoms with Crippen LogP contribution in [0.4, 0.5) is 5.69 Å². The fourth-order valence-electron chi connectivity index (χ4n) is 2.64. The highest BCUT2D eigenvalue weighted by molar-refractivity contribution is 5.84. The molecular formula is C17H19N3. The number of benzene rings is 2. The molecule has 20 heavy (non-hydrogen) atoms. The van der Waals surface area contributed by atoms with Crippen LogP contribution in [0.1, 0.15) is 18.1 Å². The first-order chi connectivity index (χ1) is 9.61. The smallest absolute Gasteiger partial charge is 0.143 e. The zero-order chi connectivity index (χ0) is 14.3. The lowest BCUT2D eigenvalue weighted by atomic mass is 10.1. The van der Waals surface area contributed by atoms with Crippen molar-refractivity contribution < 1.29 is 0 Å². The monoisotopic (exact) mass is 265 g/mol. The molecule has 3 heteroatoms. The maximum atomic E-state index is 6.24. The highest BCUT2D eigenvalue weighted by Crippen LogP contribution is 2.30. The van der Waals surface area contributed by atoms with Crippen LogP contribution in [0.3, 0.4) is 0 Å². The van der Waals surface area contributed by atoms with Gasteiger partial charge in [-0.05, 0) is 50.1 Å². The van der Waals surface area contributed by atoms with Gasteiger partial charge in [-0.3, -0.25) is 0 Å². The molecule has 2 N–H and O–H groups in total. The Balaban J connectivity index is 2.33. The number of imidazole rings is 1. The molecule has 0 atom stereocenters. The van der Waals surface area contributed by atoms with Crippen molar-refractivity contribution in [2.45, 2.75) is 27.3 Å². The molecule has 0 radical (unpaired) electrons. The molecule has 3 aromatic rings. The minimum Gasteiger partial charge on any atom is -0.398 e. The highest BCUT2D eigenvalue weighted by Gasteiger charge is 2.14. The number of nitrogen functional groups attached to an aromatic ring is 1. The Morgan fingerprint density at radius 1 is 1.15 bits per heavy atom. The zero-order valence-corrected chi connectivity index (χ0v) is 12.1. The molecule has 102 valence electrons. The summed E-state index contributed by atoms with van der Waals surface area (Å²) >= 11 is 0. The molecule has 0 unspecified atom stereocenters. The number of fused-ring (bicyclic) bond motifs is 1. The quantitative estimate of drug-likeness (QED) is 0.714. The van der Waals surface area contributed by atoms with Gasteiger partial charge < -0.3 is 10.3 Å². The minimum absolute atomic E-state index is 0.814. The summed E-state index contributed by atoms with van der Waals surface area (Å²) in [6.07, 6.45) is 0. The van der Waals surface area contributed by atoms with Crippen LogP contribution < -0.4 is 5.73 Å². The van der Waals surface area contributed by atoms with Crippen LogP contribution in [0.5, 0.6) is 0 Å². The lowest BCUT2D eigenvalue weighted by Gasteiger charge is -2.10. The first kappa shape index (κ1) is 12.7. The van der Waals surface area contributed by atoms with E-state index in [1.54, 1.807) is 0 Å². The van der Waals surface area contributed by atoms with E-state index in [0.717, 1.165) is 40.2 Å². The predicted octanol–water partition coefficient (Wildman–Crippen LogP) is 3.92. The Labute approximate surface area is 119 Å². The second-order valence-electron chi connectivity index (χ2n) is 5.21. The Morgan fingerprint density at radius 2 is 1.95 bits per heavy atom.